The molecule has 0 saturated carbocycles. The lowest BCUT2D eigenvalue weighted by Gasteiger charge is -2.37. The van der Waals surface area contributed by atoms with E-state index in [1.807, 2.05) is 16.8 Å². The topological polar surface area (TPSA) is 52.7 Å². The monoisotopic (exact) mass is 253 g/mol. The molecule has 18 heavy (non-hydrogen) atoms. The highest BCUT2D eigenvalue weighted by molar-refractivity contribution is 5.76. The van der Waals surface area contributed by atoms with E-state index in [9.17, 15) is 9.59 Å². The Hall–Kier alpha value is -1.10. The second-order valence-electron chi connectivity index (χ2n) is 5.46. The number of rotatable bonds is 2. The second-order valence-corrected chi connectivity index (χ2v) is 5.46. The number of carbonyl (C=O) groups excluding carboxylic acids is 2. The molecular formula is C13H23N3O2. The molecule has 0 aromatic carbocycles. The highest BCUT2D eigenvalue weighted by Gasteiger charge is 2.27. The van der Waals surface area contributed by atoms with Crippen molar-refractivity contribution in [3.8, 4) is 0 Å². The molecule has 0 spiro atoms. The molecule has 5 nitrogen and oxygen atoms in total. The number of nitrogens with one attached hydrogen (secondary N) is 1. The fraction of sp³-hybridized carbons (Fsp3) is 0.846. The summed E-state index contributed by atoms with van der Waals surface area (Å²) in [4.78, 5) is 26.4. The Kier molecular flexibility index (Phi) is 4.22. The summed E-state index contributed by atoms with van der Waals surface area (Å²) in [6.45, 7) is 4.16. The van der Waals surface area contributed by atoms with Crippen LogP contribution in [-0.4, -0.2) is 60.4 Å². The van der Waals surface area contributed by atoms with Crippen LogP contribution in [0.25, 0.3) is 0 Å². The van der Waals surface area contributed by atoms with Crippen molar-refractivity contribution >= 4 is 11.8 Å². The Balaban J connectivity index is 1.75. The molecule has 2 aliphatic rings. The number of carbonyl (C=O) groups is 2. The average molecular weight is 253 g/mol. The molecule has 1 N–H and O–H groups in total. The number of piperidine rings is 2. The molecule has 0 aromatic heterocycles. The van der Waals surface area contributed by atoms with E-state index in [4.69, 9.17) is 0 Å². The van der Waals surface area contributed by atoms with E-state index in [1.165, 1.54) is 0 Å². The summed E-state index contributed by atoms with van der Waals surface area (Å²) >= 11 is 0. The molecule has 0 radical (unpaired) electrons. The van der Waals surface area contributed by atoms with Crippen LogP contribution in [0.5, 0.6) is 0 Å². The van der Waals surface area contributed by atoms with Gasteiger partial charge in [-0.2, -0.15) is 0 Å². The first kappa shape index (κ1) is 13.3. The Bertz CT molecular complexity index is 324. The van der Waals surface area contributed by atoms with Crippen molar-refractivity contribution in [1.29, 1.82) is 0 Å². The number of likely N-dealkylation sites (N-methyl/N-ethyl adjacent to an activating group) is 1. The molecule has 0 bridgehead atoms. The molecule has 5 heteroatoms. The van der Waals surface area contributed by atoms with Crippen molar-refractivity contribution in [2.24, 2.45) is 0 Å². The SMILES string of the molecule is CC(=O)N1CCC(NC2CCC(=O)N(C)C2)CC1. The van der Waals surface area contributed by atoms with Crippen LogP contribution in [0, 0.1) is 0 Å². The third-order valence-electron chi connectivity index (χ3n) is 4.04. The number of hydrogen-bond donors (Lipinski definition) is 1. The van der Waals surface area contributed by atoms with Gasteiger partial charge in [0.2, 0.25) is 11.8 Å². The molecule has 2 heterocycles. The largest absolute Gasteiger partial charge is 0.344 e. The van der Waals surface area contributed by atoms with E-state index in [0.29, 0.717) is 18.5 Å². The zero-order valence-corrected chi connectivity index (χ0v) is 11.3. The molecule has 1 unspecified atom stereocenters. The fourth-order valence-corrected chi connectivity index (χ4v) is 2.84. The van der Waals surface area contributed by atoms with Gasteiger partial charge in [0.25, 0.3) is 0 Å². The van der Waals surface area contributed by atoms with Crippen molar-refractivity contribution in [3.63, 3.8) is 0 Å². The maximum atomic E-state index is 11.4. The molecule has 2 aliphatic heterocycles. The molecule has 0 aliphatic carbocycles. The average Bonchev–Trinajstić information content (AvgIpc) is 2.34. The fourth-order valence-electron chi connectivity index (χ4n) is 2.84. The number of hydrogen-bond acceptors (Lipinski definition) is 3. The molecule has 2 fully saturated rings. The van der Waals surface area contributed by atoms with Gasteiger partial charge >= 0.3 is 0 Å². The maximum absolute atomic E-state index is 11.4. The summed E-state index contributed by atoms with van der Waals surface area (Å²) in [5, 5.41) is 3.64. The van der Waals surface area contributed by atoms with Crippen LogP contribution >= 0.6 is 0 Å². The van der Waals surface area contributed by atoms with E-state index in [2.05, 4.69) is 5.32 Å². The van der Waals surface area contributed by atoms with Crippen LogP contribution in [-0.2, 0) is 9.59 Å². The predicted molar refractivity (Wildman–Crippen MR) is 69.1 cm³/mol. The van der Waals surface area contributed by atoms with Crippen LogP contribution in [0.1, 0.15) is 32.6 Å². The minimum Gasteiger partial charge on any atom is -0.344 e. The third-order valence-corrected chi connectivity index (χ3v) is 4.04. The molecule has 102 valence electrons. The van der Waals surface area contributed by atoms with Crippen molar-refractivity contribution in [2.45, 2.75) is 44.7 Å². The first-order valence-electron chi connectivity index (χ1n) is 6.82. The number of nitrogens with zero attached hydrogens (tertiary/aromatic N) is 2. The van der Waals surface area contributed by atoms with Crippen molar-refractivity contribution in [1.82, 2.24) is 15.1 Å². The van der Waals surface area contributed by atoms with E-state index in [0.717, 1.165) is 38.9 Å². The smallest absolute Gasteiger partial charge is 0.222 e. The lowest BCUT2D eigenvalue weighted by Crippen LogP contribution is -2.52. The van der Waals surface area contributed by atoms with Gasteiger partial charge < -0.3 is 15.1 Å². The molecular weight excluding hydrogens is 230 g/mol. The number of likely N-dealkylation sites (tertiary alicyclic amines) is 2. The summed E-state index contributed by atoms with van der Waals surface area (Å²) in [6, 6.07) is 0.911. The van der Waals surface area contributed by atoms with Crippen LogP contribution in [0.15, 0.2) is 0 Å². The molecule has 2 amide bonds. The maximum Gasteiger partial charge on any atom is 0.222 e. The Morgan fingerprint density at radius 2 is 1.89 bits per heavy atom. The minimum atomic E-state index is 0.177. The molecule has 2 rings (SSSR count). The van der Waals surface area contributed by atoms with Gasteiger partial charge in [-0.1, -0.05) is 0 Å². The minimum absolute atomic E-state index is 0.177. The summed E-state index contributed by atoms with van der Waals surface area (Å²) < 4.78 is 0. The Labute approximate surface area is 108 Å². The van der Waals surface area contributed by atoms with Crippen molar-refractivity contribution in [2.75, 3.05) is 26.7 Å². The van der Waals surface area contributed by atoms with E-state index in [-0.39, 0.29) is 11.8 Å². The van der Waals surface area contributed by atoms with Gasteiger partial charge in [-0.25, -0.2) is 0 Å². The first-order chi connectivity index (χ1) is 8.56. The molecule has 1 atom stereocenters. The summed E-state index contributed by atoms with van der Waals surface area (Å²) in [5.41, 5.74) is 0. The van der Waals surface area contributed by atoms with E-state index < -0.39 is 0 Å². The lowest BCUT2D eigenvalue weighted by molar-refractivity contribution is -0.133. The van der Waals surface area contributed by atoms with Gasteiger partial charge in [0.1, 0.15) is 0 Å². The van der Waals surface area contributed by atoms with Crippen molar-refractivity contribution in [3.05, 3.63) is 0 Å². The van der Waals surface area contributed by atoms with Crippen LogP contribution in [0.4, 0.5) is 0 Å². The zero-order valence-electron chi connectivity index (χ0n) is 11.3. The van der Waals surface area contributed by atoms with E-state index >= 15 is 0 Å². The molecule has 0 aromatic rings. The number of amides is 2. The van der Waals surface area contributed by atoms with Crippen LogP contribution in [0.2, 0.25) is 0 Å². The highest BCUT2D eigenvalue weighted by Crippen LogP contribution is 2.15. The van der Waals surface area contributed by atoms with Gasteiger partial charge in [-0.3, -0.25) is 9.59 Å². The molecule has 2 saturated heterocycles. The normalized spacial score (nSPS) is 26.6. The standard InChI is InChI=1S/C13H23N3O2/c1-10(17)16-7-5-11(6-8-16)14-12-3-4-13(18)15(2)9-12/h11-12,14H,3-9H2,1-2H3. The third kappa shape index (κ3) is 3.22. The highest BCUT2D eigenvalue weighted by atomic mass is 16.2. The predicted octanol–water partition coefficient (Wildman–Crippen LogP) is 0.208. The first-order valence-corrected chi connectivity index (χ1v) is 6.82. The van der Waals surface area contributed by atoms with Gasteiger partial charge in [0.15, 0.2) is 0 Å². The van der Waals surface area contributed by atoms with Gasteiger partial charge in [0, 0.05) is 52.1 Å². The van der Waals surface area contributed by atoms with E-state index in [1.54, 1.807) is 6.92 Å². The Morgan fingerprint density at radius 3 is 2.44 bits per heavy atom. The summed E-state index contributed by atoms with van der Waals surface area (Å²) in [5.74, 6) is 0.427. The van der Waals surface area contributed by atoms with Gasteiger partial charge in [-0.15, -0.1) is 0 Å². The zero-order chi connectivity index (χ0) is 13.1. The van der Waals surface area contributed by atoms with Crippen molar-refractivity contribution < 1.29 is 9.59 Å². The second kappa shape index (κ2) is 5.69. The van der Waals surface area contributed by atoms with Crippen LogP contribution in [0.3, 0.4) is 0 Å². The van der Waals surface area contributed by atoms with Gasteiger partial charge in [-0.05, 0) is 19.3 Å². The Morgan fingerprint density at radius 1 is 1.22 bits per heavy atom. The summed E-state index contributed by atoms with van der Waals surface area (Å²) in [7, 11) is 1.87. The summed E-state index contributed by atoms with van der Waals surface area (Å²) in [6.07, 6.45) is 3.64. The lowest BCUT2D eigenvalue weighted by atomic mass is 10.00. The van der Waals surface area contributed by atoms with Gasteiger partial charge in [0.05, 0.1) is 0 Å². The van der Waals surface area contributed by atoms with Crippen LogP contribution < -0.4 is 5.32 Å². The quantitative estimate of drug-likeness (QED) is 0.765.